The van der Waals surface area contributed by atoms with Gasteiger partial charge in [-0.25, -0.2) is 0 Å². The van der Waals surface area contributed by atoms with E-state index in [9.17, 15) is 4.79 Å². The number of rotatable bonds is 3. The number of carboxylic acids is 1. The maximum atomic E-state index is 10.9. The molecule has 6 heteroatoms. The lowest BCUT2D eigenvalue weighted by Gasteiger charge is -2.07. The van der Waals surface area contributed by atoms with Gasteiger partial charge in [0.2, 0.25) is 0 Å². The number of halogens is 1. The zero-order valence-corrected chi connectivity index (χ0v) is 12.8. The van der Waals surface area contributed by atoms with Crippen molar-refractivity contribution in [2.45, 2.75) is 11.4 Å². The maximum Gasteiger partial charge on any atom is 0.321 e. The summed E-state index contributed by atoms with van der Waals surface area (Å²) < 4.78 is 6.85. The molecule has 1 aliphatic rings. The summed E-state index contributed by atoms with van der Waals surface area (Å²) in [5, 5.41) is 11.9. The van der Waals surface area contributed by atoms with Gasteiger partial charge in [-0.2, -0.15) is 0 Å². The first-order valence-corrected chi connectivity index (χ1v) is 7.94. The highest BCUT2D eigenvalue weighted by Gasteiger charge is 2.32. The lowest BCUT2D eigenvalue weighted by molar-refractivity contribution is -0.138. The molecule has 0 saturated carbocycles. The van der Waals surface area contributed by atoms with Gasteiger partial charge in [0.15, 0.2) is 0 Å². The van der Waals surface area contributed by atoms with E-state index >= 15 is 0 Å². The van der Waals surface area contributed by atoms with Crippen molar-refractivity contribution in [2.24, 2.45) is 0 Å². The average Bonchev–Trinajstić information content (AvgIpc) is 3.08. The van der Waals surface area contributed by atoms with Crippen LogP contribution in [-0.4, -0.2) is 22.9 Å². The third kappa shape index (κ3) is 2.77. The van der Waals surface area contributed by atoms with Crippen LogP contribution in [0.4, 0.5) is 0 Å². The number of aliphatic carboxylic acids is 1. The summed E-state index contributed by atoms with van der Waals surface area (Å²) in [6, 6.07) is 11.2. The van der Waals surface area contributed by atoms with Crippen LogP contribution >= 0.6 is 27.7 Å². The molecule has 0 spiro atoms. The van der Waals surface area contributed by atoms with E-state index < -0.39 is 12.0 Å². The lowest BCUT2D eigenvalue weighted by Crippen LogP contribution is -2.33. The van der Waals surface area contributed by atoms with Crippen LogP contribution in [0.15, 0.2) is 45.3 Å². The van der Waals surface area contributed by atoms with Gasteiger partial charge in [-0.1, -0.05) is 28.1 Å². The summed E-state index contributed by atoms with van der Waals surface area (Å²) in [6.45, 7) is 0. The lowest BCUT2D eigenvalue weighted by atomic mass is 10.2. The fraction of sp³-hybridized carbons (Fsp3) is 0.214. The summed E-state index contributed by atoms with van der Waals surface area (Å²) in [5.74, 6) is 1.28. The smallest absolute Gasteiger partial charge is 0.321 e. The standard InChI is InChI=1S/C14H12BrNO3S/c15-9-3-1-8(2-4-9)11-5-6-12(19-11)13-16-10(7-20-13)14(17)18/h1-6,10,13,16H,7H2,(H,17,18)/t10-,13+/m0/s1. The molecule has 2 aromatic rings. The molecule has 1 saturated heterocycles. The Kier molecular flexibility index (Phi) is 3.87. The van der Waals surface area contributed by atoms with Crippen LogP contribution in [0.25, 0.3) is 11.3 Å². The van der Waals surface area contributed by atoms with Gasteiger partial charge >= 0.3 is 5.97 Å². The first-order chi connectivity index (χ1) is 9.63. The zero-order chi connectivity index (χ0) is 14.1. The third-order valence-corrected chi connectivity index (χ3v) is 4.85. The molecular weight excluding hydrogens is 342 g/mol. The van der Waals surface area contributed by atoms with E-state index in [0.29, 0.717) is 5.75 Å². The molecule has 0 amide bonds. The predicted octanol–water partition coefficient (Wildman–Crippen LogP) is 3.50. The Hall–Kier alpha value is -1.24. The second-order valence-corrected chi connectivity index (χ2v) is 6.53. The molecule has 20 heavy (non-hydrogen) atoms. The largest absolute Gasteiger partial charge is 0.480 e. The molecule has 0 bridgehead atoms. The molecule has 0 unspecified atom stereocenters. The van der Waals surface area contributed by atoms with Gasteiger partial charge in [0, 0.05) is 15.8 Å². The Morgan fingerprint density at radius 1 is 1.30 bits per heavy atom. The molecule has 104 valence electrons. The SMILES string of the molecule is O=C(O)[C@@H]1CS[C@H](c2ccc(-c3ccc(Br)cc3)o2)N1. The third-order valence-electron chi connectivity index (χ3n) is 3.09. The molecule has 2 atom stereocenters. The van der Waals surface area contributed by atoms with E-state index in [1.807, 2.05) is 36.4 Å². The molecule has 0 aliphatic carbocycles. The van der Waals surface area contributed by atoms with Crippen molar-refractivity contribution in [3.05, 3.63) is 46.6 Å². The monoisotopic (exact) mass is 353 g/mol. The number of carbonyl (C=O) groups is 1. The first kappa shape index (κ1) is 13.7. The number of hydrogen-bond donors (Lipinski definition) is 2. The number of carboxylic acid groups (broad SMARTS) is 1. The Bertz CT molecular complexity index is 626. The highest BCUT2D eigenvalue weighted by atomic mass is 79.9. The van der Waals surface area contributed by atoms with Crippen molar-refractivity contribution in [3.8, 4) is 11.3 Å². The minimum atomic E-state index is -0.820. The zero-order valence-electron chi connectivity index (χ0n) is 10.4. The molecular formula is C14H12BrNO3S. The van der Waals surface area contributed by atoms with Crippen LogP contribution in [0.3, 0.4) is 0 Å². The molecule has 1 aromatic heterocycles. The van der Waals surface area contributed by atoms with Crippen molar-refractivity contribution < 1.29 is 14.3 Å². The summed E-state index contributed by atoms with van der Waals surface area (Å²) in [5.41, 5.74) is 0.997. The Morgan fingerprint density at radius 2 is 2.05 bits per heavy atom. The molecule has 3 rings (SSSR count). The molecule has 1 aromatic carbocycles. The van der Waals surface area contributed by atoms with E-state index in [1.165, 1.54) is 0 Å². The molecule has 2 N–H and O–H groups in total. The van der Waals surface area contributed by atoms with E-state index in [0.717, 1.165) is 21.6 Å². The Morgan fingerprint density at radius 3 is 2.70 bits per heavy atom. The number of benzene rings is 1. The molecule has 0 radical (unpaired) electrons. The van der Waals surface area contributed by atoms with E-state index in [-0.39, 0.29) is 5.37 Å². The van der Waals surface area contributed by atoms with Gasteiger partial charge in [-0.15, -0.1) is 11.8 Å². The van der Waals surface area contributed by atoms with Gasteiger partial charge in [0.05, 0.1) is 0 Å². The van der Waals surface area contributed by atoms with Gasteiger partial charge in [-0.05, 0) is 24.3 Å². The van der Waals surface area contributed by atoms with E-state index in [4.69, 9.17) is 9.52 Å². The highest BCUT2D eigenvalue weighted by molar-refractivity contribution is 9.10. The van der Waals surface area contributed by atoms with Gasteiger partial charge in [0.1, 0.15) is 22.9 Å². The molecule has 4 nitrogen and oxygen atoms in total. The van der Waals surface area contributed by atoms with E-state index in [2.05, 4.69) is 21.2 Å². The number of furan rings is 1. The number of nitrogens with one attached hydrogen (secondary N) is 1. The Labute approximate surface area is 128 Å². The van der Waals surface area contributed by atoms with Crippen molar-refractivity contribution in [2.75, 3.05) is 5.75 Å². The highest BCUT2D eigenvalue weighted by Crippen LogP contribution is 2.35. The first-order valence-electron chi connectivity index (χ1n) is 6.09. The summed E-state index contributed by atoms with van der Waals surface area (Å²) in [6.07, 6.45) is 0. The normalized spacial score (nSPS) is 22.1. The van der Waals surface area contributed by atoms with Crippen molar-refractivity contribution in [3.63, 3.8) is 0 Å². The van der Waals surface area contributed by atoms with Crippen LogP contribution < -0.4 is 5.32 Å². The summed E-state index contributed by atoms with van der Waals surface area (Å²) in [4.78, 5) is 10.9. The fourth-order valence-corrected chi connectivity index (χ4v) is 3.48. The van der Waals surface area contributed by atoms with Crippen molar-refractivity contribution in [1.29, 1.82) is 0 Å². The number of thioether (sulfide) groups is 1. The average molecular weight is 354 g/mol. The predicted molar refractivity (Wildman–Crippen MR) is 81.6 cm³/mol. The minimum absolute atomic E-state index is 0.0969. The second-order valence-electron chi connectivity index (χ2n) is 4.48. The van der Waals surface area contributed by atoms with Crippen molar-refractivity contribution >= 4 is 33.7 Å². The molecule has 1 fully saturated rings. The molecule has 2 heterocycles. The second kappa shape index (κ2) is 5.63. The minimum Gasteiger partial charge on any atom is -0.480 e. The van der Waals surface area contributed by atoms with Gasteiger partial charge in [-0.3, -0.25) is 10.1 Å². The van der Waals surface area contributed by atoms with Crippen LogP contribution in [0.2, 0.25) is 0 Å². The van der Waals surface area contributed by atoms with E-state index in [1.54, 1.807) is 11.8 Å². The van der Waals surface area contributed by atoms with Crippen LogP contribution in [-0.2, 0) is 4.79 Å². The van der Waals surface area contributed by atoms with Gasteiger partial charge < -0.3 is 9.52 Å². The topological polar surface area (TPSA) is 62.5 Å². The van der Waals surface area contributed by atoms with Crippen LogP contribution in [0, 0.1) is 0 Å². The van der Waals surface area contributed by atoms with Gasteiger partial charge in [0.25, 0.3) is 0 Å². The fourth-order valence-electron chi connectivity index (χ4n) is 2.04. The summed E-state index contributed by atoms with van der Waals surface area (Å²) >= 11 is 4.95. The quantitative estimate of drug-likeness (QED) is 0.884. The van der Waals surface area contributed by atoms with Crippen LogP contribution in [0.1, 0.15) is 11.1 Å². The Balaban J connectivity index is 1.77. The number of hydrogen-bond acceptors (Lipinski definition) is 4. The van der Waals surface area contributed by atoms with Crippen LogP contribution in [0.5, 0.6) is 0 Å². The maximum absolute atomic E-state index is 10.9. The molecule has 1 aliphatic heterocycles. The van der Waals surface area contributed by atoms with Crippen molar-refractivity contribution in [1.82, 2.24) is 5.32 Å². The summed E-state index contributed by atoms with van der Waals surface area (Å²) in [7, 11) is 0.